The summed E-state index contributed by atoms with van der Waals surface area (Å²) in [7, 11) is 0. The molecule has 0 radical (unpaired) electrons. The number of benzene rings is 1. The maximum Gasteiger partial charge on any atom is 0.263 e. The first-order valence-electron chi connectivity index (χ1n) is 7.64. The van der Waals surface area contributed by atoms with Crippen LogP contribution in [0.5, 0.6) is 0 Å². The van der Waals surface area contributed by atoms with Crippen LogP contribution in [0.4, 0.5) is 0 Å². The van der Waals surface area contributed by atoms with E-state index in [0.29, 0.717) is 17.1 Å². The van der Waals surface area contributed by atoms with Crippen molar-refractivity contribution in [2.75, 3.05) is 6.54 Å². The van der Waals surface area contributed by atoms with Crippen molar-refractivity contribution in [1.82, 2.24) is 15.6 Å². The number of amides is 2. The van der Waals surface area contributed by atoms with Crippen LogP contribution in [0.15, 0.2) is 30.3 Å². The Bertz CT molecular complexity index is 682. The Labute approximate surface area is 140 Å². The number of aryl methyl sites for hydroxylation is 1. The molecular formula is C17H21N3O2S. The molecule has 23 heavy (non-hydrogen) atoms. The fraction of sp³-hybridized carbons (Fsp3) is 0.353. The standard InChI is InChI=1S/C17H21N3O2S/c1-4-10-18-15(21)12(3)19-16(22)14-11(2)20-17(23-14)13-8-6-5-7-9-13/h5-9,12H,4,10H2,1-3H3,(H,18,21)(H,19,22). The van der Waals surface area contributed by atoms with Gasteiger partial charge in [0.1, 0.15) is 15.9 Å². The van der Waals surface area contributed by atoms with E-state index in [4.69, 9.17) is 0 Å². The summed E-state index contributed by atoms with van der Waals surface area (Å²) in [4.78, 5) is 29.2. The molecular weight excluding hydrogens is 310 g/mol. The van der Waals surface area contributed by atoms with Crippen LogP contribution in [0, 0.1) is 6.92 Å². The SMILES string of the molecule is CCCNC(=O)C(C)NC(=O)c1sc(-c2ccccc2)nc1C. The lowest BCUT2D eigenvalue weighted by molar-refractivity contribution is -0.122. The average Bonchev–Trinajstić information content (AvgIpc) is 2.95. The molecule has 0 aliphatic rings. The Morgan fingerprint density at radius 3 is 2.61 bits per heavy atom. The van der Waals surface area contributed by atoms with Gasteiger partial charge in [0, 0.05) is 12.1 Å². The molecule has 2 aromatic rings. The molecule has 1 aromatic heterocycles. The van der Waals surface area contributed by atoms with Crippen LogP contribution in [-0.2, 0) is 4.79 Å². The molecule has 0 aliphatic carbocycles. The van der Waals surface area contributed by atoms with E-state index in [2.05, 4.69) is 15.6 Å². The molecule has 0 saturated heterocycles. The van der Waals surface area contributed by atoms with Crippen molar-refractivity contribution in [1.29, 1.82) is 0 Å². The summed E-state index contributed by atoms with van der Waals surface area (Å²) in [5.41, 5.74) is 1.65. The van der Waals surface area contributed by atoms with Gasteiger partial charge in [-0.1, -0.05) is 37.3 Å². The third-order valence-corrected chi connectivity index (χ3v) is 4.52. The van der Waals surface area contributed by atoms with Gasteiger partial charge in [0.25, 0.3) is 5.91 Å². The van der Waals surface area contributed by atoms with Gasteiger partial charge in [-0.3, -0.25) is 9.59 Å². The summed E-state index contributed by atoms with van der Waals surface area (Å²) in [6.07, 6.45) is 0.862. The molecule has 1 unspecified atom stereocenters. The van der Waals surface area contributed by atoms with Gasteiger partial charge in [0.05, 0.1) is 5.69 Å². The number of nitrogens with zero attached hydrogens (tertiary/aromatic N) is 1. The molecule has 0 spiro atoms. The van der Waals surface area contributed by atoms with Crippen LogP contribution < -0.4 is 10.6 Å². The highest BCUT2D eigenvalue weighted by Gasteiger charge is 2.20. The summed E-state index contributed by atoms with van der Waals surface area (Å²) >= 11 is 1.34. The van der Waals surface area contributed by atoms with Gasteiger partial charge >= 0.3 is 0 Å². The molecule has 0 fully saturated rings. The number of thiazole rings is 1. The van der Waals surface area contributed by atoms with Crippen molar-refractivity contribution in [3.8, 4) is 10.6 Å². The van der Waals surface area contributed by atoms with Crippen molar-refractivity contribution in [3.63, 3.8) is 0 Å². The zero-order valence-corrected chi connectivity index (χ0v) is 14.4. The second kappa shape index (κ2) is 7.87. The van der Waals surface area contributed by atoms with E-state index in [0.717, 1.165) is 17.0 Å². The first kappa shape index (κ1) is 17.1. The van der Waals surface area contributed by atoms with Gasteiger partial charge in [-0.05, 0) is 20.3 Å². The minimum Gasteiger partial charge on any atom is -0.354 e. The fourth-order valence-corrected chi connectivity index (χ4v) is 3.02. The van der Waals surface area contributed by atoms with Crippen LogP contribution in [0.2, 0.25) is 0 Å². The molecule has 1 aromatic carbocycles. The number of rotatable bonds is 6. The van der Waals surface area contributed by atoms with Crippen LogP contribution in [0.25, 0.3) is 10.6 Å². The van der Waals surface area contributed by atoms with Crippen LogP contribution in [0.3, 0.4) is 0 Å². The molecule has 2 rings (SSSR count). The van der Waals surface area contributed by atoms with Gasteiger partial charge in [0.15, 0.2) is 0 Å². The van der Waals surface area contributed by atoms with E-state index in [1.54, 1.807) is 13.8 Å². The maximum absolute atomic E-state index is 12.4. The van der Waals surface area contributed by atoms with E-state index in [1.807, 2.05) is 37.3 Å². The van der Waals surface area contributed by atoms with Crippen molar-refractivity contribution < 1.29 is 9.59 Å². The molecule has 0 saturated carbocycles. The largest absolute Gasteiger partial charge is 0.354 e. The Morgan fingerprint density at radius 2 is 1.96 bits per heavy atom. The normalized spacial score (nSPS) is 11.8. The van der Waals surface area contributed by atoms with E-state index < -0.39 is 6.04 Å². The topological polar surface area (TPSA) is 71.1 Å². The predicted octanol–water partition coefficient (Wildman–Crippen LogP) is 2.76. The molecule has 5 nitrogen and oxygen atoms in total. The highest BCUT2D eigenvalue weighted by atomic mass is 32.1. The molecule has 0 aliphatic heterocycles. The number of carbonyl (C=O) groups is 2. The smallest absolute Gasteiger partial charge is 0.263 e. The third kappa shape index (κ3) is 4.39. The number of hydrogen-bond acceptors (Lipinski definition) is 4. The number of nitrogens with one attached hydrogen (secondary N) is 2. The van der Waals surface area contributed by atoms with Gasteiger partial charge in [-0.15, -0.1) is 11.3 Å². The summed E-state index contributed by atoms with van der Waals surface area (Å²) in [6.45, 7) is 6.07. The minimum atomic E-state index is -0.573. The second-order valence-corrected chi connectivity index (χ2v) is 6.28. The number of hydrogen-bond donors (Lipinski definition) is 2. The maximum atomic E-state index is 12.4. The first-order chi connectivity index (χ1) is 11.0. The Balaban J connectivity index is 2.08. The molecule has 1 heterocycles. The molecule has 0 bridgehead atoms. The lowest BCUT2D eigenvalue weighted by atomic mass is 10.2. The van der Waals surface area contributed by atoms with E-state index in [9.17, 15) is 9.59 Å². The highest BCUT2D eigenvalue weighted by Crippen LogP contribution is 2.27. The van der Waals surface area contributed by atoms with Gasteiger partial charge in [-0.25, -0.2) is 4.98 Å². The summed E-state index contributed by atoms with van der Waals surface area (Å²) in [6, 6.07) is 9.16. The van der Waals surface area contributed by atoms with Crippen molar-refractivity contribution in [2.45, 2.75) is 33.2 Å². The lowest BCUT2D eigenvalue weighted by Crippen LogP contribution is -2.44. The van der Waals surface area contributed by atoms with E-state index >= 15 is 0 Å². The zero-order chi connectivity index (χ0) is 16.8. The van der Waals surface area contributed by atoms with Gasteiger partial charge in [0.2, 0.25) is 5.91 Å². The number of carbonyl (C=O) groups excluding carboxylic acids is 2. The molecule has 2 N–H and O–H groups in total. The summed E-state index contributed by atoms with van der Waals surface area (Å²) in [5, 5.41) is 6.30. The van der Waals surface area contributed by atoms with Crippen LogP contribution >= 0.6 is 11.3 Å². The lowest BCUT2D eigenvalue weighted by Gasteiger charge is -2.13. The molecule has 122 valence electrons. The first-order valence-corrected chi connectivity index (χ1v) is 8.46. The highest BCUT2D eigenvalue weighted by molar-refractivity contribution is 7.17. The Hall–Kier alpha value is -2.21. The Kier molecular flexibility index (Phi) is 5.87. The van der Waals surface area contributed by atoms with Gasteiger partial charge < -0.3 is 10.6 Å². The van der Waals surface area contributed by atoms with Gasteiger partial charge in [-0.2, -0.15) is 0 Å². The van der Waals surface area contributed by atoms with Crippen LogP contribution in [-0.4, -0.2) is 29.4 Å². The minimum absolute atomic E-state index is 0.175. The van der Waals surface area contributed by atoms with E-state index in [1.165, 1.54) is 11.3 Å². The molecule has 6 heteroatoms. The number of aromatic nitrogens is 1. The summed E-state index contributed by atoms with van der Waals surface area (Å²) in [5.74, 6) is -0.438. The molecule has 2 amide bonds. The molecule has 1 atom stereocenters. The summed E-state index contributed by atoms with van der Waals surface area (Å²) < 4.78 is 0. The predicted molar refractivity (Wildman–Crippen MR) is 92.5 cm³/mol. The third-order valence-electron chi connectivity index (χ3n) is 3.31. The van der Waals surface area contributed by atoms with Crippen molar-refractivity contribution in [3.05, 3.63) is 40.9 Å². The van der Waals surface area contributed by atoms with Crippen molar-refractivity contribution in [2.24, 2.45) is 0 Å². The fourth-order valence-electron chi connectivity index (χ4n) is 2.04. The van der Waals surface area contributed by atoms with E-state index in [-0.39, 0.29) is 11.8 Å². The quantitative estimate of drug-likeness (QED) is 0.855. The average molecular weight is 331 g/mol. The van der Waals surface area contributed by atoms with Crippen LogP contribution in [0.1, 0.15) is 35.6 Å². The Morgan fingerprint density at radius 1 is 1.26 bits per heavy atom. The zero-order valence-electron chi connectivity index (χ0n) is 13.6. The monoisotopic (exact) mass is 331 g/mol. The second-order valence-electron chi connectivity index (χ2n) is 5.29. The van der Waals surface area contributed by atoms with Crippen molar-refractivity contribution >= 4 is 23.2 Å².